The van der Waals surface area contributed by atoms with E-state index in [2.05, 4.69) is 5.32 Å². The number of nitrogens with zero attached hydrogens (tertiary/aromatic N) is 1. The first-order valence-electron chi connectivity index (χ1n) is 11.5. The molecule has 1 atom stereocenters. The number of carbonyl (C=O) groups is 1. The summed E-state index contributed by atoms with van der Waals surface area (Å²) in [7, 11) is -2.15. The first-order valence-corrected chi connectivity index (χ1v) is 13.4. The number of benzene rings is 3. The Kier molecular flexibility index (Phi) is 7.12. The summed E-state index contributed by atoms with van der Waals surface area (Å²) in [5.74, 6) is 2.08. The zero-order valence-electron chi connectivity index (χ0n) is 20.7. The predicted molar refractivity (Wildman–Crippen MR) is 138 cm³/mol. The molecule has 0 aliphatic carbocycles. The quantitative estimate of drug-likeness (QED) is 0.473. The number of fused-ring (bicyclic) bond motifs is 1. The fraction of sp³-hybridized carbons (Fsp3) is 0.296. The molecule has 8 nitrogen and oxygen atoms in total. The Morgan fingerprint density at radius 1 is 1.03 bits per heavy atom. The minimum atomic E-state index is -3.73. The normalized spacial score (nSPS) is 16.3. The van der Waals surface area contributed by atoms with E-state index in [0.29, 0.717) is 35.1 Å². The number of nitrogens with one attached hydrogen (secondary N) is 1. The van der Waals surface area contributed by atoms with Crippen molar-refractivity contribution in [1.82, 2.24) is 5.32 Å². The fourth-order valence-electron chi connectivity index (χ4n) is 4.16. The molecule has 0 radical (unpaired) electrons. The molecule has 1 unspecified atom stereocenters. The van der Waals surface area contributed by atoms with Crippen LogP contribution >= 0.6 is 0 Å². The van der Waals surface area contributed by atoms with Crippen LogP contribution < -0.4 is 23.8 Å². The molecule has 0 saturated carbocycles. The van der Waals surface area contributed by atoms with Gasteiger partial charge in [0, 0.05) is 18.1 Å². The monoisotopic (exact) mass is 510 g/mol. The summed E-state index contributed by atoms with van der Waals surface area (Å²) in [6.07, 6.45) is 1.61. The predicted octanol–water partition coefficient (Wildman–Crippen LogP) is 4.67. The molecule has 9 heteroatoms. The number of hydrogen-bond donors (Lipinski definition) is 1. The van der Waals surface area contributed by atoms with Crippen LogP contribution in [0.3, 0.4) is 0 Å². The van der Waals surface area contributed by atoms with E-state index in [0.717, 1.165) is 16.1 Å². The molecule has 1 heterocycles. The van der Waals surface area contributed by atoms with E-state index in [1.165, 1.54) is 0 Å². The molecular weight excluding hydrogens is 480 g/mol. The second-order valence-electron chi connectivity index (χ2n) is 9.27. The second kappa shape index (κ2) is 10.1. The van der Waals surface area contributed by atoms with Crippen LogP contribution in [-0.4, -0.2) is 39.8 Å². The maximum absolute atomic E-state index is 13.1. The average Bonchev–Trinajstić information content (AvgIpc) is 2.82. The minimum Gasteiger partial charge on any atom is -0.497 e. The van der Waals surface area contributed by atoms with E-state index in [1.54, 1.807) is 37.4 Å². The number of methoxy groups -OCH3 is 1. The summed E-state index contributed by atoms with van der Waals surface area (Å²) in [6.45, 7) is 3.52. The highest BCUT2D eigenvalue weighted by molar-refractivity contribution is 7.92. The molecule has 3 aromatic carbocycles. The Morgan fingerprint density at radius 2 is 1.67 bits per heavy atom. The van der Waals surface area contributed by atoms with Crippen molar-refractivity contribution in [3.05, 3.63) is 78.4 Å². The van der Waals surface area contributed by atoms with Crippen molar-refractivity contribution >= 4 is 21.6 Å². The van der Waals surface area contributed by atoms with Gasteiger partial charge >= 0.3 is 0 Å². The third kappa shape index (κ3) is 6.09. The second-order valence-corrected chi connectivity index (χ2v) is 11.2. The maximum atomic E-state index is 13.1. The van der Waals surface area contributed by atoms with Gasteiger partial charge in [0.15, 0.2) is 0 Å². The Labute approximate surface area is 211 Å². The highest BCUT2D eigenvalue weighted by Crippen LogP contribution is 2.41. The zero-order chi connectivity index (χ0) is 25.9. The molecule has 0 bridgehead atoms. The number of sulfonamides is 1. The van der Waals surface area contributed by atoms with Gasteiger partial charge in [-0.15, -0.1) is 0 Å². The summed E-state index contributed by atoms with van der Waals surface area (Å²) in [5.41, 5.74) is 0.657. The van der Waals surface area contributed by atoms with Gasteiger partial charge in [-0.3, -0.25) is 9.10 Å². The van der Waals surface area contributed by atoms with Crippen LogP contribution in [0.2, 0.25) is 0 Å². The van der Waals surface area contributed by atoms with E-state index in [4.69, 9.17) is 14.2 Å². The van der Waals surface area contributed by atoms with Crippen LogP contribution in [-0.2, 0) is 14.8 Å². The Morgan fingerprint density at radius 3 is 2.31 bits per heavy atom. The summed E-state index contributed by atoms with van der Waals surface area (Å²) >= 11 is 0. The van der Waals surface area contributed by atoms with E-state index in [9.17, 15) is 13.2 Å². The fourth-order valence-corrected chi connectivity index (χ4v) is 5.02. The Balaban J connectivity index is 1.50. The third-order valence-corrected chi connectivity index (χ3v) is 6.95. The smallest absolute Gasteiger partial charge is 0.241 e. The number of anilines is 1. The van der Waals surface area contributed by atoms with Gasteiger partial charge in [0.2, 0.25) is 15.9 Å². The lowest BCUT2D eigenvalue weighted by Crippen LogP contribution is -2.45. The van der Waals surface area contributed by atoms with Crippen molar-refractivity contribution in [3.63, 3.8) is 0 Å². The number of para-hydroxylation sites is 1. The lowest BCUT2D eigenvalue weighted by atomic mass is 9.89. The maximum Gasteiger partial charge on any atom is 0.241 e. The molecule has 1 amide bonds. The van der Waals surface area contributed by atoms with Crippen LogP contribution in [0.5, 0.6) is 23.0 Å². The van der Waals surface area contributed by atoms with Gasteiger partial charge in [-0.05, 0) is 62.4 Å². The standard InChI is InChI=1S/C27H30N2O6S/c1-27(2)17-24(23-15-14-22(33-3)16-25(23)35-27)28-26(30)18-29(36(4,31)32)19-10-12-21(13-11-19)34-20-8-6-5-7-9-20/h5-16,24H,17-18H2,1-4H3,(H,28,30). The number of rotatable bonds is 8. The van der Waals surface area contributed by atoms with Crippen molar-refractivity contribution in [2.24, 2.45) is 0 Å². The highest BCUT2D eigenvalue weighted by atomic mass is 32.2. The van der Waals surface area contributed by atoms with Gasteiger partial charge in [-0.1, -0.05) is 18.2 Å². The molecule has 0 saturated heterocycles. The lowest BCUT2D eigenvalue weighted by Gasteiger charge is -2.38. The molecule has 0 fully saturated rings. The van der Waals surface area contributed by atoms with Crippen LogP contribution in [0.25, 0.3) is 0 Å². The molecule has 0 spiro atoms. The molecule has 4 rings (SSSR count). The third-order valence-electron chi connectivity index (χ3n) is 5.80. The van der Waals surface area contributed by atoms with E-state index < -0.39 is 21.5 Å². The Bertz CT molecular complexity index is 1320. The number of ether oxygens (including phenoxy) is 3. The van der Waals surface area contributed by atoms with E-state index >= 15 is 0 Å². The first kappa shape index (κ1) is 25.4. The van der Waals surface area contributed by atoms with Crippen molar-refractivity contribution in [1.29, 1.82) is 0 Å². The van der Waals surface area contributed by atoms with Crippen molar-refractivity contribution < 1.29 is 27.4 Å². The van der Waals surface area contributed by atoms with E-state index in [1.807, 2.05) is 56.3 Å². The molecular formula is C27H30N2O6S. The molecule has 36 heavy (non-hydrogen) atoms. The molecule has 1 aliphatic heterocycles. The lowest BCUT2D eigenvalue weighted by molar-refractivity contribution is -0.120. The minimum absolute atomic E-state index is 0.342. The van der Waals surface area contributed by atoms with Gasteiger partial charge in [0.05, 0.1) is 25.1 Å². The van der Waals surface area contributed by atoms with Gasteiger partial charge < -0.3 is 19.5 Å². The zero-order valence-corrected chi connectivity index (χ0v) is 21.5. The van der Waals surface area contributed by atoms with Crippen molar-refractivity contribution in [2.75, 3.05) is 24.2 Å². The summed E-state index contributed by atoms with van der Waals surface area (Å²) in [6, 6.07) is 21.0. The SMILES string of the molecule is COc1ccc2c(c1)OC(C)(C)CC2NC(=O)CN(c1ccc(Oc2ccccc2)cc1)S(C)(=O)=O. The van der Waals surface area contributed by atoms with Gasteiger partial charge in [0.25, 0.3) is 0 Å². The van der Waals surface area contributed by atoms with Crippen LogP contribution in [0.15, 0.2) is 72.8 Å². The summed E-state index contributed by atoms with van der Waals surface area (Å²) in [4.78, 5) is 13.1. The Hall–Kier alpha value is -3.72. The van der Waals surface area contributed by atoms with Crippen molar-refractivity contribution in [2.45, 2.75) is 31.9 Å². The summed E-state index contributed by atoms with van der Waals surface area (Å²) < 4.78 is 43.4. The van der Waals surface area contributed by atoms with E-state index in [-0.39, 0.29) is 12.6 Å². The largest absolute Gasteiger partial charge is 0.497 e. The molecule has 1 N–H and O–H groups in total. The molecule has 0 aromatic heterocycles. The highest BCUT2D eigenvalue weighted by Gasteiger charge is 2.35. The van der Waals surface area contributed by atoms with Crippen molar-refractivity contribution in [3.8, 4) is 23.0 Å². The molecule has 3 aromatic rings. The molecule has 190 valence electrons. The van der Waals surface area contributed by atoms with Gasteiger partial charge in [-0.25, -0.2) is 8.42 Å². The van der Waals surface area contributed by atoms with Gasteiger partial charge in [-0.2, -0.15) is 0 Å². The first-order chi connectivity index (χ1) is 17.0. The van der Waals surface area contributed by atoms with Crippen LogP contribution in [0.4, 0.5) is 5.69 Å². The van der Waals surface area contributed by atoms with Crippen LogP contribution in [0, 0.1) is 0 Å². The number of carbonyl (C=O) groups excluding carboxylic acids is 1. The number of hydrogen-bond acceptors (Lipinski definition) is 6. The summed E-state index contributed by atoms with van der Waals surface area (Å²) in [5, 5.41) is 2.99. The van der Waals surface area contributed by atoms with Crippen LogP contribution in [0.1, 0.15) is 31.9 Å². The topological polar surface area (TPSA) is 94.2 Å². The average molecular weight is 511 g/mol. The number of amides is 1. The van der Waals surface area contributed by atoms with Gasteiger partial charge in [0.1, 0.15) is 35.1 Å². The molecule has 1 aliphatic rings.